The van der Waals surface area contributed by atoms with E-state index in [4.69, 9.17) is 9.47 Å². The maximum absolute atomic E-state index is 12.5. The van der Waals surface area contributed by atoms with Crippen LogP contribution in [0.25, 0.3) is 0 Å². The molecule has 206 valence electrons. The number of ether oxygens (including phenoxy) is 2. The highest BCUT2D eigenvalue weighted by Gasteiger charge is 2.14. The number of carbonyl (C=O) groups excluding carboxylic acids is 4. The lowest BCUT2D eigenvalue weighted by Crippen LogP contribution is -2.27. The van der Waals surface area contributed by atoms with Crippen LogP contribution in [0.5, 0.6) is 0 Å². The lowest BCUT2D eigenvalue weighted by atomic mass is 10.1. The standard InChI is InChI=1S/C28H38N4O6/c1-37-19-9-17-29-27(35)21-11-3-5-13-23(21)31-25(33)15-7-8-16-26(34)32-24-14-6-4-12-22(24)28(36)30-18-10-20-38-2/h3-6,11-14H,7-10,15-20H2,1-2H3,(H,29,35)(H,30,36)(H,31,33)(H,32,34). The van der Waals surface area contributed by atoms with E-state index in [1.54, 1.807) is 62.8 Å². The second-order valence-corrected chi connectivity index (χ2v) is 8.60. The van der Waals surface area contributed by atoms with Crippen LogP contribution in [0, 0.1) is 0 Å². The molecule has 0 atom stereocenters. The second kappa shape index (κ2) is 17.7. The summed E-state index contributed by atoms with van der Waals surface area (Å²) in [7, 11) is 3.21. The Morgan fingerprint density at radius 3 is 1.39 bits per heavy atom. The van der Waals surface area contributed by atoms with Crippen LogP contribution < -0.4 is 21.3 Å². The number of methoxy groups -OCH3 is 2. The van der Waals surface area contributed by atoms with Crippen molar-refractivity contribution in [1.82, 2.24) is 10.6 Å². The Labute approximate surface area is 223 Å². The van der Waals surface area contributed by atoms with Gasteiger partial charge in [0, 0.05) is 53.4 Å². The summed E-state index contributed by atoms with van der Waals surface area (Å²) < 4.78 is 9.96. The number of anilines is 2. The van der Waals surface area contributed by atoms with Crippen LogP contribution >= 0.6 is 0 Å². The van der Waals surface area contributed by atoms with E-state index in [0.717, 1.165) is 0 Å². The summed E-state index contributed by atoms with van der Waals surface area (Å²) in [6, 6.07) is 13.6. The summed E-state index contributed by atoms with van der Waals surface area (Å²) in [5.74, 6) is -1.00. The van der Waals surface area contributed by atoms with Gasteiger partial charge in [-0.1, -0.05) is 24.3 Å². The van der Waals surface area contributed by atoms with Gasteiger partial charge in [-0.15, -0.1) is 0 Å². The van der Waals surface area contributed by atoms with Crippen LogP contribution in [0.15, 0.2) is 48.5 Å². The molecule has 0 aliphatic rings. The molecule has 0 aromatic heterocycles. The molecule has 0 aliphatic carbocycles. The Kier molecular flexibility index (Phi) is 14.2. The van der Waals surface area contributed by atoms with E-state index in [0.29, 0.717) is 74.5 Å². The van der Waals surface area contributed by atoms with Gasteiger partial charge in [0.05, 0.1) is 22.5 Å². The number of hydrogen-bond acceptors (Lipinski definition) is 6. The number of para-hydroxylation sites is 2. The minimum absolute atomic E-state index is 0.206. The molecule has 2 rings (SSSR count). The Balaban J connectivity index is 1.77. The summed E-state index contributed by atoms with van der Waals surface area (Å²) in [5, 5.41) is 11.2. The summed E-state index contributed by atoms with van der Waals surface area (Å²) in [4.78, 5) is 49.8. The predicted molar refractivity (Wildman–Crippen MR) is 146 cm³/mol. The third kappa shape index (κ3) is 11.1. The first-order valence-electron chi connectivity index (χ1n) is 12.8. The highest BCUT2D eigenvalue weighted by Crippen LogP contribution is 2.17. The smallest absolute Gasteiger partial charge is 0.253 e. The van der Waals surface area contributed by atoms with Crippen molar-refractivity contribution in [1.29, 1.82) is 0 Å². The highest BCUT2D eigenvalue weighted by molar-refractivity contribution is 6.04. The molecular weight excluding hydrogens is 488 g/mol. The van der Waals surface area contributed by atoms with E-state index >= 15 is 0 Å². The van der Waals surface area contributed by atoms with Crippen LogP contribution in [0.4, 0.5) is 11.4 Å². The van der Waals surface area contributed by atoms with E-state index < -0.39 is 0 Å². The number of carbonyl (C=O) groups is 4. The van der Waals surface area contributed by atoms with Gasteiger partial charge < -0.3 is 30.7 Å². The van der Waals surface area contributed by atoms with E-state index in [9.17, 15) is 19.2 Å². The lowest BCUT2D eigenvalue weighted by Gasteiger charge is -2.12. The molecule has 0 bridgehead atoms. The predicted octanol–water partition coefficient (Wildman–Crippen LogP) is 3.36. The van der Waals surface area contributed by atoms with Crippen LogP contribution in [0.1, 0.15) is 59.2 Å². The molecule has 10 heteroatoms. The number of unbranched alkanes of at least 4 members (excludes halogenated alkanes) is 1. The number of benzene rings is 2. The molecule has 0 unspecified atom stereocenters. The van der Waals surface area contributed by atoms with E-state index in [1.165, 1.54) is 0 Å². The Hall–Kier alpha value is -3.76. The molecule has 4 amide bonds. The molecule has 0 fully saturated rings. The normalized spacial score (nSPS) is 10.5. The average Bonchev–Trinajstić information content (AvgIpc) is 2.92. The fourth-order valence-corrected chi connectivity index (χ4v) is 3.60. The minimum atomic E-state index is -0.266. The molecule has 2 aromatic rings. The van der Waals surface area contributed by atoms with Gasteiger partial charge in [-0.25, -0.2) is 0 Å². The maximum Gasteiger partial charge on any atom is 0.253 e. The molecule has 0 aliphatic heterocycles. The summed E-state index contributed by atoms with van der Waals surface area (Å²) in [5.41, 5.74) is 1.66. The molecule has 0 heterocycles. The molecule has 10 nitrogen and oxygen atoms in total. The van der Waals surface area contributed by atoms with E-state index in [2.05, 4.69) is 21.3 Å². The number of rotatable bonds is 17. The Bertz CT molecular complexity index is 976. The zero-order valence-corrected chi connectivity index (χ0v) is 22.1. The average molecular weight is 527 g/mol. The monoisotopic (exact) mass is 526 g/mol. The molecule has 0 radical (unpaired) electrons. The Morgan fingerprint density at radius 1 is 0.605 bits per heavy atom. The molecule has 0 saturated carbocycles. The van der Waals surface area contributed by atoms with Crippen molar-refractivity contribution in [3.8, 4) is 0 Å². The maximum atomic E-state index is 12.5. The summed E-state index contributed by atoms with van der Waals surface area (Å²) >= 11 is 0. The zero-order valence-electron chi connectivity index (χ0n) is 22.1. The summed E-state index contributed by atoms with van der Waals surface area (Å²) in [6.45, 7) is 2.04. The number of nitrogens with one attached hydrogen (secondary N) is 4. The largest absolute Gasteiger partial charge is 0.385 e. The quantitative estimate of drug-likeness (QED) is 0.234. The zero-order chi connectivity index (χ0) is 27.6. The third-order valence-corrected chi connectivity index (χ3v) is 5.57. The fraction of sp³-hybridized carbons (Fsp3) is 0.429. The molecular formula is C28H38N4O6. The molecule has 2 aromatic carbocycles. The van der Waals surface area contributed by atoms with Crippen LogP contribution in [0.3, 0.4) is 0 Å². The molecule has 0 spiro atoms. The third-order valence-electron chi connectivity index (χ3n) is 5.57. The molecule has 38 heavy (non-hydrogen) atoms. The number of hydrogen-bond donors (Lipinski definition) is 4. The Morgan fingerprint density at radius 2 is 1.00 bits per heavy atom. The van der Waals surface area contributed by atoms with Gasteiger partial charge in [-0.05, 0) is 49.9 Å². The van der Waals surface area contributed by atoms with Gasteiger partial charge >= 0.3 is 0 Å². The SMILES string of the molecule is COCCCNC(=O)c1ccccc1NC(=O)CCCCC(=O)Nc1ccccc1C(=O)NCCCOC. The van der Waals surface area contributed by atoms with Gasteiger partial charge in [0.15, 0.2) is 0 Å². The van der Waals surface area contributed by atoms with Crippen molar-refractivity contribution < 1.29 is 28.7 Å². The first kappa shape index (κ1) is 30.5. The van der Waals surface area contributed by atoms with Crippen molar-refractivity contribution in [2.75, 3.05) is 51.2 Å². The van der Waals surface area contributed by atoms with Crippen molar-refractivity contribution in [2.24, 2.45) is 0 Å². The first-order valence-corrected chi connectivity index (χ1v) is 12.8. The van der Waals surface area contributed by atoms with Gasteiger partial charge in [0.1, 0.15) is 0 Å². The van der Waals surface area contributed by atoms with Crippen molar-refractivity contribution in [2.45, 2.75) is 38.5 Å². The molecule has 4 N–H and O–H groups in total. The number of amides is 4. The van der Waals surface area contributed by atoms with Gasteiger partial charge in [0.2, 0.25) is 11.8 Å². The van der Waals surface area contributed by atoms with Crippen molar-refractivity contribution in [3.63, 3.8) is 0 Å². The van der Waals surface area contributed by atoms with Gasteiger partial charge in [-0.3, -0.25) is 19.2 Å². The fourth-order valence-electron chi connectivity index (χ4n) is 3.60. The molecule has 0 saturated heterocycles. The minimum Gasteiger partial charge on any atom is -0.385 e. The van der Waals surface area contributed by atoms with E-state index in [1.807, 2.05) is 0 Å². The van der Waals surface area contributed by atoms with Crippen LogP contribution in [-0.4, -0.2) is 64.2 Å². The van der Waals surface area contributed by atoms with Crippen LogP contribution in [0.2, 0.25) is 0 Å². The van der Waals surface area contributed by atoms with Crippen molar-refractivity contribution >= 4 is 35.0 Å². The van der Waals surface area contributed by atoms with Crippen LogP contribution in [-0.2, 0) is 19.1 Å². The van der Waals surface area contributed by atoms with Gasteiger partial charge in [0.25, 0.3) is 11.8 Å². The lowest BCUT2D eigenvalue weighted by molar-refractivity contribution is -0.118. The van der Waals surface area contributed by atoms with Gasteiger partial charge in [-0.2, -0.15) is 0 Å². The second-order valence-electron chi connectivity index (χ2n) is 8.60. The van der Waals surface area contributed by atoms with E-state index in [-0.39, 0.29) is 36.5 Å². The summed E-state index contributed by atoms with van der Waals surface area (Å²) in [6.07, 6.45) is 2.78. The first-order chi connectivity index (χ1) is 18.5. The topological polar surface area (TPSA) is 135 Å². The highest BCUT2D eigenvalue weighted by atomic mass is 16.5. The van der Waals surface area contributed by atoms with Crippen molar-refractivity contribution in [3.05, 3.63) is 59.7 Å².